The number of aromatic nitrogens is 3. The monoisotopic (exact) mass is 540 g/mol. The van der Waals surface area contributed by atoms with Gasteiger partial charge >= 0.3 is 0 Å². The molecule has 198 valence electrons. The van der Waals surface area contributed by atoms with Crippen LogP contribution in [0.2, 0.25) is 5.02 Å². The molecule has 1 saturated carbocycles. The van der Waals surface area contributed by atoms with Crippen LogP contribution < -0.4 is 10.6 Å². The molecule has 2 aliphatic rings. The molecule has 0 spiro atoms. The van der Waals surface area contributed by atoms with Gasteiger partial charge in [0, 0.05) is 43.4 Å². The molecule has 6 rings (SSSR count). The molecule has 0 bridgehead atoms. The third-order valence-corrected chi connectivity index (χ3v) is 7.44. The molecule has 4 aromatic rings. The van der Waals surface area contributed by atoms with E-state index in [2.05, 4.69) is 20.6 Å². The number of nitrogens with one attached hydrogen (secondary N) is 2. The Kier molecular flexibility index (Phi) is 6.63. The largest absolute Gasteiger partial charge is 0.378 e. The first-order valence-electron chi connectivity index (χ1n) is 12.8. The zero-order chi connectivity index (χ0) is 26.4. The van der Waals surface area contributed by atoms with Gasteiger partial charge in [0.25, 0.3) is 5.91 Å². The van der Waals surface area contributed by atoms with E-state index in [1.165, 1.54) is 0 Å². The summed E-state index contributed by atoms with van der Waals surface area (Å²) in [4.78, 5) is 23.6. The van der Waals surface area contributed by atoms with E-state index in [-0.39, 0.29) is 22.5 Å². The standard InChI is InChI=1S/C27H27ClF2N6O2/c28-18-11-15(4-7-17(18)27(38)33-16-5-6-16)23-14-32-26-25(31-8-2-10-35-9-1-3-24(35)37)34-21-12-19(29)20(30)13-22(21)36(23)26/h4,7,11-14,16,24,37H,1-3,5-6,8-10H2,(H,31,34)(H,33,38). The lowest BCUT2D eigenvalue weighted by Gasteiger charge is -2.19. The summed E-state index contributed by atoms with van der Waals surface area (Å²) in [5.74, 6) is -1.77. The van der Waals surface area contributed by atoms with Crippen molar-refractivity contribution in [1.29, 1.82) is 0 Å². The maximum atomic E-state index is 14.3. The van der Waals surface area contributed by atoms with Gasteiger partial charge in [-0.3, -0.25) is 14.1 Å². The van der Waals surface area contributed by atoms with Gasteiger partial charge in [-0.05, 0) is 44.2 Å². The van der Waals surface area contributed by atoms with E-state index < -0.39 is 17.9 Å². The Morgan fingerprint density at radius 1 is 1.16 bits per heavy atom. The van der Waals surface area contributed by atoms with E-state index in [0.717, 1.165) is 57.3 Å². The number of aliphatic hydroxyl groups is 1. The molecule has 2 aromatic heterocycles. The molecular weight excluding hydrogens is 514 g/mol. The molecule has 3 heterocycles. The second-order valence-corrected chi connectivity index (χ2v) is 10.3. The van der Waals surface area contributed by atoms with E-state index in [0.29, 0.717) is 40.3 Å². The van der Waals surface area contributed by atoms with Gasteiger partial charge in [-0.15, -0.1) is 0 Å². The van der Waals surface area contributed by atoms with Gasteiger partial charge in [0.1, 0.15) is 6.23 Å². The fourth-order valence-electron chi connectivity index (χ4n) is 4.96. The van der Waals surface area contributed by atoms with Gasteiger partial charge in [0.05, 0.1) is 33.5 Å². The Morgan fingerprint density at radius 3 is 2.71 bits per heavy atom. The average molecular weight is 541 g/mol. The Bertz CT molecular complexity index is 1540. The molecule has 1 saturated heterocycles. The van der Waals surface area contributed by atoms with Gasteiger partial charge < -0.3 is 15.7 Å². The number of halogens is 3. The van der Waals surface area contributed by atoms with Gasteiger partial charge in [-0.2, -0.15) is 0 Å². The quantitative estimate of drug-likeness (QED) is 0.283. The van der Waals surface area contributed by atoms with E-state index in [1.54, 1.807) is 28.8 Å². The number of carbonyl (C=O) groups is 1. The van der Waals surface area contributed by atoms with Crippen molar-refractivity contribution >= 4 is 40.0 Å². The number of imidazole rings is 1. The highest BCUT2D eigenvalue weighted by molar-refractivity contribution is 6.34. The Labute approximate surface area is 222 Å². The zero-order valence-electron chi connectivity index (χ0n) is 20.6. The lowest BCUT2D eigenvalue weighted by molar-refractivity contribution is 0.0382. The number of benzene rings is 2. The van der Waals surface area contributed by atoms with Gasteiger partial charge in [-0.25, -0.2) is 18.7 Å². The highest BCUT2D eigenvalue weighted by Gasteiger charge is 2.25. The summed E-state index contributed by atoms with van der Waals surface area (Å²) >= 11 is 6.49. The number of aliphatic hydroxyl groups excluding tert-OH is 1. The fraction of sp³-hybridized carbons (Fsp3) is 0.370. The van der Waals surface area contributed by atoms with Crippen molar-refractivity contribution in [2.75, 3.05) is 25.0 Å². The average Bonchev–Trinajstić information content (AvgIpc) is 3.43. The van der Waals surface area contributed by atoms with Crippen LogP contribution in [-0.2, 0) is 0 Å². The summed E-state index contributed by atoms with van der Waals surface area (Å²) < 4.78 is 30.2. The lowest BCUT2D eigenvalue weighted by atomic mass is 10.1. The van der Waals surface area contributed by atoms with Crippen LogP contribution in [0.4, 0.5) is 14.6 Å². The topological polar surface area (TPSA) is 94.8 Å². The first-order chi connectivity index (χ1) is 18.4. The van der Waals surface area contributed by atoms with Crippen molar-refractivity contribution in [2.45, 2.75) is 44.4 Å². The lowest BCUT2D eigenvalue weighted by Crippen LogP contribution is -2.30. The van der Waals surface area contributed by atoms with Crippen molar-refractivity contribution in [1.82, 2.24) is 24.6 Å². The molecule has 11 heteroatoms. The molecular formula is C27H27ClF2N6O2. The van der Waals surface area contributed by atoms with Crippen LogP contribution in [0, 0.1) is 11.6 Å². The van der Waals surface area contributed by atoms with Crippen LogP contribution >= 0.6 is 11.6 Å². The molecule has 1 atom stereocenters. The molecule has 8 nitrogen and oxygen atoms in total. The number of fused-ring (bicyclic) bond motifs is 3. The number of rotatable bonds is 8. The molecule has 1 aliphatic carbocycles. The molecule has 38 heavy (non-hydrogen) atoms. The number of likely N-dealkylation sites (tertiary alicyclic amines) is 1. The Hall–Kier alpha value is -3.34. The Balaban J connectivity index is 1.35. The van der Waals surface area contributed by atoms with Crippen LogP contribution in [0.1, 0.15) is 42.5 Å². The van der Waals surface area contributed by atoms with Crippen molar-refractivity contribution in [3.8, 4) is 11.3 Å². The minimum Gasteiger partial charge on any atom is -0.378 e. The van der Waals surface area contributed by atoms with Crippen molar-refractivity contribution < 1.29 is 18.7 Å². The fourth-order valence-corrected chi connectivity index (χ4v) is 5.22. The van der Waals surface area contributed by atoms with Crippen molar-refractivity contribution in [3.05, 3.63) is 58.7 Å². The predicted octanol–water partition coefficient (Wildman–Crippen LogP) is 4.59. The Morgan fingerprint density at radius 2 is 1.97 bits per heavy atom. The van der Waals surface area contributed by atoms with E-state index in [1.807, 2.05) is 4.90 Å². The maximum absolute atomic E-state index is 14.3. The summed E-state index contributed by atoms with van der Waals surface area (Å²) in [6, 6.07) is 7.47. The van der Waals surface area contributed by atoms with Crippen molar-refractivity contribution in [3.63, 3.8) is 0 Å². The number of amides is 1. The summed E-state index contributed by atoms with van der Waals surface area (Å²) in [7, 11) is 0. The van der Waals surface area contributed by atoms with Crippen LogP contribution in [-0.4, -0.2) is 62.2 Å². The van der Waals surface area contributed by atoms with E-state index >= 15 is 0 Å². The van der Waals surface area contributed by atoms with Gasteiger partial charge in [0.15, 0.2) is 23.1 Å². The second kappa shape index (κ2) is 10.1. The maximum Gasteiger partial charge on any atom is 0.253 e. The first kappa shape index (κ1) is 25.0. The van der Waals surface area contributed by atoms with Gasteiger partial charge in [0.2, 0.25) is 0 Å². The highest BCUT2D eigenvalue weighted by atomic mass is 35.5. The number of hydrogen-bond donors (Lipinski definition) is 3. The minimum atomic E-state index is -0.992. The third-order valence-electron chi connectivity index (χ3n) is 7.13. The number of anilines is 1. The summed E-state index contributed by atoms with van der Waals surface area (Å²) in [5, 5.41) is 16.5. The van der Waals surface area contributed by atoms with Crippen LogP contribution in [0.15, 0.2) is 36.5 Å². The van der Waals surface area contributed by atoms with Crippen LogP contribution in [0.25, 0.3) is 27.9 Å². The third kappa shape index (κ3) is 4.79. The molecule has 2 aromatic carbocycles. The van der Waals surface area contributed by atoms with E-state index in [9.17, 15) is 18.7 Å². The first-order valence-corrected chi connectivity index (χ1v) is 13.2. The highest BCUT2D eigenvalue weighted by Crippen LogP contribution is 2.32. The molecule has 1 amide bonds. The summed E-state index contributed by atoms with van der Waals surface area (Å²) in [6.45, 7) is 2.16. The SMILES string of the molecule is O=C(NC1CC1)c1ccc(-c2cnc3c(NCCCN4CCCC4O)nc4cc(F)c(F)cc4n23)cc1Cl. The number of hydrogen-bond acceptors (Lipinski definition) is 6. The number of nitrogens with zero attached hydrogens (tertiary/aromatic N) is 4. The van der Waals surface area contributed by atoms with Crippen LogP contribution in [0.5, 0.6) is 0 Å². The zero-order valence-corrected chi connectivity index (χ0v) is 21.3. The molecule has 2 fully saturated rings. The van der Waals surface area contributed by atoms with Crippen molar-refractivity contribution in [2.24, 2.45) is 0 Å². The summed E-state index contributed by atoms with van der Waals surface area (Å²) in [6.07, 6.45) is 5.70. The van der Waals surface area contributed by atoms with Gasteiger partial charge in [-0.1, -0.05) is 17.7 Å². The number of carbonyl (C=O) groups excluding carboxylic acids is 1. The molecule has 1 unspecified atom stereocenters. The minimum absolute atomic E-state index is 0.206. The molecule has 3 N–H and O–H groups in total. The van der Waals surface area contributed by atoms with Crippen LogP contribution in [0.3, 0.4) is 0 Å². The molecule has 0 radical (unpaired) electrons. The smallest absolute Gasteiger partial charge is 0.253 e. The summed E-state index contributed by atoms with van der Waals surface area (Å²) in [5.41, 5.74) is 2.70. The normalized spacial score (nSPS) is 17.9. The second-order valence-electron chi connectivity index (χ2n) is 9.90. The predicted molar refractivity (Wildman–Crippen MR) is 141 cm³/mol. The molecule has 1 aliphatic heterocycles. The van der Waals surface area contributed by atoms with E-state index in [4.69, 9.17) is 11.6 Å².